The fraction of sp³-hybridized carbons (Fsp3) is 0.167. The maximum Gasteiger partial charge on any atom is 0.255 e. The fourth-order valence-electron chi connectivity index (χ4n) is 3.44. The van der Waals surface area contributed by atoms with Crippen LogP contribution in [0, 0.1) is 0 Å². The number of nitrogens with one attached hydrogen (secondary N) is 1. The van der Waals surface area contributed by atoms with Gasteiger partial charge in [-0.1, -0.05) is 65.7 Å². The Kier molecular flexibility index (Phi) is 6.86. The average molecular weight is 471 g/mol. The van der Waals surface area contributed by atoms with Gasteiger partial charge in [0.25, 0.3) is 5.91 Å². The van der Waals surface area contributed by atoms with Crippen molar-refractivity contribution in [1.29, 1.82) is 0 Å². The molecular formula is C24H20Cl2N2O2S. The number of amides is 2. The molecular weight excluding hydrogens is 451 g/mol. The number of halogens is 2. The first-order valence-corrected chi connectivity index (χ1v) is 11.6. The highest BCUT2D eigenvalue weighted by molar-refractivity contribution is 8.00. The van der Waals surface area contributed by atoms with Crippen LogP contribution in [0.4, 0.5) is 5.69 Å². The molecule has 1 aliphatic rings. The summed E-state index contributed by atoms with van der Waals surface area (Å²) in [6.45, 7) is 0.667. The van der Waals surface area contributed by atoms with Crippen molar-refractivity contribution < 1.29 is 9.59 Å². The van der Waals surface area contributed by atoms with E-state index >= 15 is 0 Å². The van der Waals surface area contributed by atoms with Crippen molar-refractivity contribution in [1.82, 2.24) is 4.90 Å². The summed E-state index contributed by atoms with van der Waals surface area (Å²) in [4.78, 5) is 26.9. The van der Waals surface area contributed by atoms with Crippen molar-refractivity contribution in [2.24, 2.45) is 0 Å². The van der Waals surface area contributed by atoms with Crippen LogP contribution in [0.1, 0.15) is 26.9 Å². The molecule has 4 rings (SSSR count). The number of carbonyl (C=O) groups is 2. The van der Waals surface area contributed by atoms with Crippen molar-refractivity contribution >= 4 is 52.5 Å². The molecule has 1 fully saturated rings. The molecule has 1 aliphatic heterocycles. The third-order valence-corrected chi connectivity index (χ3v) is 7.08. The summed E-state index contributed by atoms with van der Waals surface area (Å²) >= 11 is 13.5. The molecule has 0 aliphatic carbocycles. The predicted molar refractivity (Wildman–Crippen MR) is 128 cm³/mol. The molecule has 1 heterocycles. The lowest BCUT2D eigenvalue weighted by atomic mass is 10.1. The summed E-state index contributed by atoms with van der Waals surface area (Å²) in [5.74, 6) is 0.382. The molecule has 3 aromatic rings. The molecule has 0 radical (unpaired) electrons. The summed E-state index contributed by atoms with van der Waals surface area (Å²) in [5.41, 5.74) is 3.32. The van der Waals surface area contributed by atoms with Crippen molar-refractivity contribution in [2.45, 2.75) is 11.8 Å². The minimum Gasteiger partial charge on any atom is -0.326 e. The van der Waals surface area contributed by atoms with E-state index < -0.39 is 0 Å². The van der Waals surface area contributed by atoms with Crippen molar-refractivity contribution in [3.8, 4) is 0 Å². The highest BCUT2D eigenvalue weighted by atomic mass is 35.5. The minimum absolute atomic E-state index is 0.0385. The summed E-state index contributed by atoms with van der Waals surface area (Å²) < 4.78 is 0. The van der Waals surface area contributed by atoms with E-state index in [2.05, 4.69) is 17.4 Å². The first kappa shape index (κ1) is 21.8. The van der Waals surface area contributed by atoms with Gasteiger partial charge in [0.15, 0.2) is 0 Å². The highest BCUT2D eigenvalue weighted by Crippen LogP contribution is 2.38. The third kappa shape index (κ3) is 5.24. The van der Waals surface area contributed by atoms with E-state index in [9.17, 15) is 9.59 Å². The second-order valence-corrected chi connectivity index (χ2v) is 9.07. The molecule has 1 N–H and O–H groups in total. The lowest BCUT2D eigenvalue weighted by molar-refractivity contribution is -0.128. The molecule has 3 aromatic carbocycles. The third-order valence-electron chi connectivity index (χ3n) is 5.09. The maximum absolute atomic E-state index is 12.6. The first-order chi connectivity index (χ1) is 15.0. The van der Waals surface area contributed by atoms with Gasteiger partial charge in [0, 0.05) is 17.8 Å². The molecule has 31 heavy (non-hydrogen) atoms. The van der Waals surface area contributed by atoms with Gasteiger partial charge in [0.05, 0.1) is 15.8 Å². The number of rotatable bonds is 6. The minimum atomic E-state index is -0.235. The zero-order chi connectivity index (χ0) is 21.8. The summed E-state index contributed by atoms with van der Waals surface area (Å²) in [6, 6.07) is 22.5. The second-order valence-electron chi connectivity index (χ2n) is 7.19. The molecule has 0 saturated carbocycles. The quantitative estimate of drug-likeness (QED) is 0.475. The van der Waals surface area contributed by atoms with Gasteiger partial charge in [-0.3, -0.25) is 9.59 Å². The first-order valence-electron chi connectivity index (χ1n) is 9.82. The number of carbonyl (C=O) groups excluding carboxylic acids is 2. The van der Waals surface area contributed by atoms with Gasteiger partial charge >= 0.3 is 0 Å². The Labute approximate surface area is 195 Å². The average Bonchev–Trinajstić information content (AvgIpc) is 3.16. The number of anilines is 1. The van der Waals surface area contributed by atoms with Gasteiger partial charge in [0.1, 0.15) is 5.37 Å². The zero-order valence-corrected chi connectivity index (χ0v) is 18.9. The van der Waals surface area contributed by atoms with Gasteiger partial charge in [-0.2, -0.15) is 0 Å². The SMILES string of the molecule is O=C(Nc1ccc(Cl)c(Cl)c1)c1ccc([C@H]2SCC(=O)N2CCc2ccccc2)cc1. The topological polar surface area (TPSA) is 49.4 Å². The lowest BCUT2D eigenvalue weighted by Gasteiger charge is -2.24. The molecule has 1 saturated heterocycles. The Morgan fingerprint density at radius 3 is 2.45 bits per heavy atom. The number of thioether (sulfide) groups is 1. The molecule has 0 unspecified atom stereocenters. The Hall–Kier alpha value is -2.47. The summed E-state index contributed by atoms with van der Waals surface area (Å²) in [6.07, 6.45) is 0.813. The Balaban J connectivity index is 1.43. The van der Waals surface area contributed by atoms with E-state index in [0.29, 0.717) is 33.6 Å². The molecule has 1 atom stereocenters. The monoisotopic (exact) mass is 470 g/mol. The van der Waals surface area contributed by atoms with Crippen LogP contribution in [0.15, 0.2) is 72.8 Å². The van der Waals surface area contributed by atoms with E-state index in [1.807, 2.05) is 35.2 Å². The van der Waals surface area contributed by atoms with E-state index in [-0.39, 0.29) is 17.2 Å². The van der Waals surface area contributed by atoms with Crippen LogP contribution in [0.5, 0.6) is 0 Å². The number of hydrogen-bond acceptors (Lipinski definition) is 3. The van der Waals surface area contributed by atoms with Crippen LogP contribution in [0.25, 0.3) is 0 Å². The van der Waals surface area contributed by atoms with Crippen molar-refractivity contribution in [3.05, 3.63) is 99.5 Å². The number of benzene rings is 3. The smallest absolute Gasteiger partial charge is 0.255 e. The largest absolute Gasteiger partial charge is 0.326 e. The molecule has 0 aromatic heterocycles. The summed E-state index contributed by atoms with van der Waals surface area (Å²) in [7, 11) is 0. The lowest BCUT2D eigenvalue weighted by Crippen LogP contribution is -2.30. The van der Waals surface area contributed by atoms with Crippen molar-refractivity contribution in [3.63, 3.8) is 0 Å². The Morgan fingerprint density at radius 2 is 1.74 bits per heavy atom. The number of nitrogens with zero attached hydrogens (tertiary/aromatic N) is 1. The number of hydrogen-bond donors (Lipinski definition) is 1. The van der Waals surface area contributed by atoms with E-state index in [0.717, 1.165) is 12.0 Å². The Bertz CT molecular complexity index is 1090. The van der Waals surface area contributed by atoms with Crippen LogP contribution in [0.2, 0.25) is 10.0 Å². The Morgan fingerprint density at radius 1 is 1.00 bits per heavy atom. The molecule has 4 nitrogen and oxygen atoms in total. The summed E-state index contributed by atoms with van der Waals surface area (Å²) in [5, 5.41) is 3.60. The van der Waals surface area contributed by atoms with Crippen LogP contribution in [0.3, 0.4) is 0 Å². The van der Waals surface area contributed by atoms with Crippen molar-refractivity contribution in [2.75, 3.05) is 17.6 Å². The molecule has 0 bridgehead atoms. The van der Waals surface area contributed by atoms with Gasteiger partial charge < -0.3 is 10.2 Å². The van der Waals surface area contributed by atoms with Crippen LogP contribution in [-0.2, 0) is 11.2 Å². The van der Waals surface area contributed by atoms with Crippen LogP contribution < -0.4 is 5.32 Å². The van der Waals surface area contributed by atoms with Gasteiger partial charge in [0.2, 0.25) is 5.91 Å². The van der Waals surface area contributed by atoms with Gasteiger partial charge in [-0.15, -0.1) is 11.8 Å². The van der Waals surface area contributed by atoms with E-state index in [1.54, 1.807) is 42.1 Å². The fourth-order valence-corrected chi connectivity index (χ4v) is 4.96. The van der Waals surface area contributed by atoms with Crippen LogP contribution in [-0.4, -0.2) is 29.0 Å². The zero-order valence-electron chi connectivity index (χ0n) is 16.6. The molecule has 158 valence electrons. The molecule has 2 amide bonds. The molecule has 0 spiro atoms. The predicted octanol–water partition coefficient (Wildman–Crippen LogP) is 6.06. The van der Waals surface area contributed by atoms with Gasteiger partial charge in [-0.25, -0.2) is 0 Å². The normalized spacial score (nSPS) is 15.9. The van der Waals surface area contributed by atoms with Gasteiger partial charge in [-0.05, 0) is 47.9 Å². The van der Waals surface area contributed by atoms with E-state index in [1.165, 1.54) is 5.56 Å². The maximum atomic E-state index is 12.6. The van der Waals surface area contributed by atoms with Crippen LogP contribution >= 0.6 is 35.0 Å². The van der Waals surface area contributed by atoms with E-state index in [4.69, 9.17) is 23.2 Å². The molecule has 7 heteroatoms. The second kappa shape index (κ2) is 9.77. The highest BCUT2D eigenvalue weighted by Gasteiger charge is 2.32. The standard InChI is InChI=1S/C24H20Cl2N2O2S/c25-20-11-10-19(14-21(20)26)27-23(30)17-6-8-18(9-7-17)24-28(22(29)15-31-24)13-12-16-4-2-1-3-5-16/h1-11,14,24H,12-13,15H2,(H,27,30)/t24-/m1/s1.